The summed E-state index contributed by atoms with van der Waals surface area (Å²) in [6.45, 7) is 0.550. The number of hydrogen-bond acceptors (Lipinski definition) is 4. The van der Waals surface area contributed by atoms with E-state index in [4.69, 9.17) is 10.8 Å². The molecule has 172 valence electrons. The fraction of sp³-hybridized carbons (Fsp3) is 0.179. The van der Waals surface area contributed by atoms with E-state index in [1.807, 2.05) is 36.5 Å². The number of aromatic nitrogens is 1. The van der Waals surface area contributed by atoms with Gasteiger partial charge in [-0.05, 0) is 60.2 Å². The number of aliphatic carboxylic acids is 1. The fourth-order valence-electron chi connectivity index (χ4n) is 3.95. The lowest BCUT2D eigenvalue weighted by Crippen LogP contribution is -2.32. The van der Waals surface area contributed by atoms with Gasteiger partial charge in [0.2, 0.25) is 0 Å². The third-order valence-corrected chi connectivity index (χ3v) is 5.82. The Labute approximate surface area is 198 Å². The first-order valence-electron chi connectivity index (χ1n) is 11.3. The molecule has 3 aromatic carbocycles. The maximum Gasteiger partial charge on any atom is 0.320 e. The minimum absolute atomic E-state index is 0.152. The van der Waals surface area contributed by atoms with Crippen LogP contribution in [-0.4, -0.2) is 34.6 Å². The molecule has 0 spiro atoms. The average molecular weight is 454 g/mol. The summed E-state index contributed by atoms with van der Waals surface area (Å²) >= 11 is 0. The topological polar surface area (TPSA) is 105 Å². The van der Waals surface area contributed by atoms with Crippen LogP contribution in [0.3, 0.4) is 0 Å². The molecule has 0 saturated heterocycles. The monoisotopic (exact) mass is 453 g/mol. The van der Waals surface area contributed by atoms with Crippen LogP contribution in [0.5, 0.6) is 0 Å². The second kappa shape index (κ2) is 10.7. The second-order valence-corrected chi connectivity index (χ2v) is 8.28. The summed E-state index contributed by atoms with van der Waals surface area (Å²) in [7, 11) is 0. The second-order valence-electron chi connectivity index (χ2n) is 8.28. The molecule has 1 amide bonds. The number of carbonyl (C=O) groups excluding carboxylic acids is 1. The number of carbonyl (C=O) groups is 2. The fourth-order valence-corrected chi connectivity index (χ4v) is 3.95. The first kappa shape index (κ1) is 23.1. The number of carboxylic acid groups (broad SMARTS) is 1. The van der Waals surface area contributed by atoms with Crippen molar-refractivity contribution in [3.63, 3.8) is 0 Å². The molecule has 0 aliphatic carbocycles. The smallest absolute Gasteiger partial charge is 0.320 e. The first-order chi connectivity index (χ1) is 16.5. The number of amides is 1. The number of hydrogen-bond donors (Lipinski definition) is 3. The summed E-state index contributed by atoms with van der Waals surface area (Å²) in [5.74, 6) is -1.19. The Kier molecular flexibility index (Phi) is 7.30. The van der Waals surface area contributed by atoms with Crippen molar-refractivity contribution in [2.75, 3.05) is 6.54 Å². The predicted molar refractivity (Wildman–Crippen MR) is 134 cm³/mol. The van der Waals surface area contributed by atoms with Crippen molar-refractivity contribution in [3.8, 4) is 11.1 Å². The van der Waals surface area contributed by atoms with E-state index in [2.05, 4.69) is 34.6 Å². The number of nitrogens with zero attached hydrogens (tertiary/aromatic N) is 1. The summed E-state index contributed by atoms with van der Waals surface area (Å²) < 4.78 is 0. The highest BCUT2D eigenvalue weighted by Gasteiger charge is 2.13. The zero-order chi connectivity index (χ0) is 23.9. The van der Waals surface area contributed by atoms with Crippen molar-refractivity contribution in [2.24, 2.45) is 5.73 Å². The molecule has 0 unspecified atom stereocenters. The highest BCUT2D eigenvalue weighted by Crippen LogP contribution is 2.26. The summed E-state index contributed by atoms with van der Waals surface area (Å²) in [6.07, 6.45) is 3.77. The molecule has 0 bridgehead atoms. The minimum Gasteiger partial charge on any atom is -0.480 e. The molecule has 6 heteroatoms. The maximum absolute atomic E-state index is 12.5. The number of carboxylic acids is 1. The first-order valence-corrected chi connectivity index (χ1v) is 11.3. The molecule has 1 heterocycles. The Hall–Kier alpha value is -4.03. The molecule has 0 saturated carbocycles. The van der Waals surface area contributed by atoms with Gasteiger partial charge in [-0.1, -0.05) is 54.6 Å². The summed E-state index contributed by atoms with van der Waals surface area (Å²) in [6, 6.07) is 24.4. The van der Waals surface area contributed by atoms with Crippen LogP contribution < -0.4 is 11.1 Å². The Morgan fingerprint density at radius 1 is 0.971 bits per heavy atom. The lowest BCUT2D eigenvalue weighted by molar-refractivity contribution is -0.138. The van der Waals surface area contributed by atoms with Gasteiger partial charge in [0.05, 0.1) is 5.52 Å². The number of nitrogens with two attached hydrogens (primary N) is 1. The van der Waals surface area contributed by atoms with Gasteiger partial charge >= 0.3 is 5.97 Å². The van der Waals surface area contributed by atoms with Crippen LogP contribution in [0.1, 0.15) is 27.9 Å². The zero-order valence-corrected chi connectivity index (χ0v) is 18.8. The average Bonchev–Trinajstić information content (AvgIpc) is 2.86. The van der Waals surface area contributed by atoms with E-state index in [-0.39, 0.29) is 12.3 Å². The molecule has 0 radical (unpaired) electrons. The van der Waals surface area contributed by atoms with E-state index in [1.165, 1.54) is 5.56 Å². The van der Waals surface area contributed by atoms with Gasteiger partial charge in [-0.2, -0.15) is 0 Å². The molecule has 0 aliphatic rings. The Morgan fingerprint density at radius 3 is 2.50 bits per heavy atom. The molecule has 1 atom stereocenters. The Morgan fingerprint density at radius 2 is 1.71 bits per heavy atom. The van der Waals surface area contributed by atoms with Crippen LogP contribution in [0.2, 0.25) is 0 Å². The Bertz CT molecular complexity index is 1300. The number of fused-ring (bicyclic) bond motifs is 1. The van der Waals surface area contributed by atoms with Crippen LogP contribution in [0.25, 0.3) is 22.0 Å². The third-order valence-electron chi connectivity index (χ3n) is 5.82. The molecular formula is C28H27N3O3. The van der Waals surface area contributed by atoms with Gasteiger partial charge in [-0.3, -0.25) is 14.6 Å². The van der Waals surface area contributed by atoms with Crippen LogP contribution in [-0.2, 0) is 17.6 Å². The molecular weight excluding hydrogens is 426 g/mol. The predicted octanol–water partition coefficient (Wildman–Crippen LogP) is 4.22. The van der Waals surface area contributed by atoms with Crippen molar-refractivity contribution in [1.82, 2.24) is 10.3 Å². The molecule has 4 aromatic rings. The minimum atomic E-state index is -1.04. The lowest BCUT2D eigenvalue weighted by Gasteiger charge is -2.11. The highest BCUT2D eigenvalue weighted by atomic mass is 16.4. The van der Waals surface area contributed by atoms with E-state index >= 15 is 0 Å². The highest BCUT2D eigenvalue weighted by molar-refractivity contribution is 5.94. The van der Waals surface area contributed by atoms with Crippen LogP contribution in [0, 0.1) is 0 Å². The zero-order valence-electron chi connectivity index (χ0n) is 18.8. The Balaban J connectivity index is 1.33. The number of para-hydroxylation sites is 1. The molecule has 34 heavy (non-hydrogen) atoms. The van der Waals surface area contributed by atoms with Gasteiger partial charge in [-0.25, -0.2) is 0 Å². The van der Waals surface area contributed by atoms with Gasteiger partial charge in [0.15, 0.2) is 0 Å². The molecule has 0 fully saturated rings. The van der Waals surface area contributed by atoms with Gasteiger partial charge in [0.25, 0.3) is 5.91 Å². The van der Waals surface area contributed by atoms with Crippen LogP contribution in [0.4, 0.5) is 0 Å². The quantitative estimate of drug-likeness (QED) is 0.329. The molecule has 0 aliphatic heterocycles. The van der Waals surface area contributed by atoms with Crippen LogP contribution in [0.15, 0.2) is 85.1 Å². The van der Waals surface area contributed by atoms with Gasteiger partial charge in [0, 0.05) is 29.3 Å². The van der Waals surface area contributed by atoms with Crippen molar-refractivity contribution in [3.05, 3.63) is 102 Å². The summed E-state index contributed by atoms with van der Waals surface area (Å²) in [5, 5.41) is 13.0. The summed E-state index contributed by atoms with van der Waals surface area (Å²) in [5.41, 5.74) is 11.3. The standard InChI is InChI=1S/C28H27N3O3/c29-25(28(33)34)16-19-11-13-21(14-12-19)27(32)30-15-5-8-20-6-1-3-9-24(20)23-17-22-7-2-4-10-26(22)31-18-23/h1-4,6-7,9-14,17-18,25H,5,8,15-16,29H2,(H,30,32)(H,33,34)/t25-/m0/s1. The van der Waals surface area contributed by atoms with Crippen molar-refractivity contribution < 1.29 is 14.7 Å². The van der Waals surface area contributed by atoms with Crippen molar-refractivity contribution in [1.29, 1.82) is 0 Å². The number of aryl methyl sites for hydroxylation is 1. The maximum atomic E-state index is 12.5. The normalized spacial score (nSPS) is 11.8. The van der Waals surface area contributed by atoms with Crippen LogP contribution >= 0.6 is 0 Å². The number of pyridine rings is 1. The molecule has 4 N–H and O–H groups in total. The van der Waals surface area contributed by atoms with Gasteiger partial charge in [0.1, 0.15) is 6.04 Å². The van der Waals surface area contributed by atoms with Crippen molar-refractivity contribution in [2.45, 2.75) is 25.3 Å². The lowest BCUT2D eigenvalue weighted by atomic mass is 9.97. The SMILES string of the molecule is N[C@@H](Cc1ccc(C(=O)NCCCc2ccccc2-c2cnc3ccccc3c2)cc1)C(=O)O. The van der Waals surface area contributed by atoms with E-state index in [0.29, 0.717) is 12.1 Å². The van der Waals surface area contributed by atoms with E-state index in [1.54, 1.807) is 24.3 Å². The number of nitrogens with one attached hydrogen (secondary N) is 1. The number of benzene rings is 3. The third kappa shape index (κ3) is 5.66. The molecule has 4 rings (SSSR count). The van der Waals surface area contributed by atoms with E-state index < -0.39 is 12.0 Å². The molecule has 1 aromatic heterocycles. The van der Waals surface area contributed by atoms with E-state index in [0.717, 1.165) is 40.4 Å². The molecule has 6 nitrogen and oxygen atoms in total. The number of rotatable bonds is 9. The van der Waals surface area contributed by atoms with E-state index in [9.17, 15) is 9.59 Å². The van der Waals surface area contributed by atoms with Gasteiger partial charge in [-0.15, -0.1) is 0 Å². The largest absolute Gasteiger partial charge is 0.480 e. The van der Waals surface area contributed by atoms with Crippen molar-refractivity contribution >= 4 is 22.8 Å². The summed E-state index contributed by atoms with van der Waals surface area (Å²) in [4.78, 5) is 28.0. The van der Waals surface area contributed by atoms with Gasteiger partial charge < -0.3 is 16.2 Å².